The van der Waals surface area contributed by atoms with Crippen LogP contribution in [0.4, 0.5) is 10.5 Å². The monoisotopic (exact) mass is 395 g/mol. The molecule has 1 amide bonds. The predicted octanol–water partition coefficient (Wildman–Crippen LogP) is 4.54. The van der Waals surface area contributed by atoms with Crippen molar-refractivity contribution in [3.8, 4) is 5.75 Å². The second-order valence-corrected chi connectivity index (χ2v) is 6.82. The van der Waals surface area contributed by atoms with Crippen molar-refractivity contribution >= 4 is 22.6 Å². The second-order valence-electron chi connectivity index (χ2n) is 6.82. The zero-order chi connectivity index (χ0) is 20.8. The summed E-state index contributed by atoms with van der Waals surface area (Å²) in [6.07, 6.45) is -1.68. The van der Waals surface area contributed by atoms with Gasteiger partial charge in [-0.25, -0.2) is 4.79 Å². The highest BCUT2D eigenvalue weighted by atomic mass is 16.6. The number of phenols is 1. The number of anilines is 1. The van der Waals surface area contributed by atoms with E-state index in [1.807, 2.05) is 37.3 Å². The molecule has 0 aliphatic rings. The summed E-state index contributed by atoms with van der Waals surface area (Å²) in [4.78, 5) is 12.6. The molecule has 0 fully saturated rings. The number of ether oxygens (including phenoxy) is 2. The Kier molecular flexibility index (Phi) is 6.69. The molecule has 152 valence electrons. The fraction of sp³-hybridized carbons (Fsp3) is 0.261. The van der Waals surface area contributed by atoms with Gasteiger partial charge in [0.25, 0.3) is 0 Å². The number of aliphatic hydroxyl groups excluding tert-OH is 1. The number of aryl methyl sites for hydroxylation is 1. The summed E-state index contributed by atoms with van der Waals surface area (Å²) in [6.45, 7) is 1.85. The van der Waals surface area contributed by atoms with Crippen LogP contribution in [0.2, 0.25) is 0 Å². The highest BCUT2D eigenvalue weighted by Gasteiger charge is 2.29. The summed E-state index contributed by atoms with van der Waals surface area (Å²) < 4.78 is 11.3. The molecule has 0 bridgehead atoms. The van der Waals surface area contributed by atoms with E-state index in [0.717, 1.165) is 10.9 Å². The van der Waals surface area contributed by atoms with Gasteiger partial charge in [0.05, 0.1) is 0 Å². The van der Waals surface area contributed by atoms with E-state index in [1.165, 1.54) is 7.11 Å². The molecule has 3 aromatic carbocycles. The summed E-state index contributed by atoms with van der Waals surface area (Å²) in [5, 5.41) is 23.7. The van der Waals surface area contributed by atoms with Gasteiger partial charge in [0.2, 0.25) is 0 Å². The van der Waals surface area contributed by atoms with E-state index in [4.69, 9.17) is 9.47 Å². The number of carbonyl (C=O) groups excluding carboxylic acids is 1. The van der Waals surface area contributed by atoms with Crippen LogP contribution in [-0.4, -0.2) is 36.1 Å². The number of aromatic hydroxyl groups is 1. The van der Waals surface area contributed by atoms with Crippen molar-refractivity contribution in [3.63, 3.8) is 0 Å². The lowest BCUT2D eigenvalue weighted by atomic mass is 9.95. The van der Waals surface area contributed by atoms with Crippen LogP contribution in [0.25, 0.3) is 10.8 Å². The van der Waals surface area contributed by atoms with Gasteiger partial charge < -0.3 is 19.7 Å². The minimum Gasteiger partial charge on any atom is -0.507 e. The first kappa shape index (κ1) is 20.6. The van der Waals surface area contributed by atoms with Crippen molar-refractivity contribution in [3.05, 3.63) is 71.8 Å². The first-order valence-corrected chi connectivity index (χ1v) is 9.42. The molecule has 0 heterocycles. The molecule has 0 saturated carbocycles. The number of nitrogens with one attached hydrogen (secondary N) is 1. The number of hydrogen-bond donors (Lipinski definition) is 3. The molecule has 0 aliphatic carbocycles. The summed E-state index contributed by atoms with van der Waals surface area (Å²) in [6, 6.07) is 18.0. The molecule has 2 atom stereocenters. The zero-order valence-corrected chi connectivity index (χ0v) is 16.5. The van der Waals surface area contributed by atoms with Crippen molar-refractivity contribution in [2.75, 3.05) is 19.0 Å². The van der Waals surface area contributed by atoms with Gasteiger partial charge in [0.1, 0.15) is 11.9 Å². The van der Waals surface area contributed by atoms with Gasteiger partial charge in [-0.15, -0.1) is 0 Å². The predicted molar refractivity (Wildman–Crippen MR) is 112 cm³/mol. The van der Waals surface area contributed by atoms with Crippen molar-refractivity contribution < 1.29 is 24.5 Å². The van der Waals surface area contributed by atoms with Gasteiger partial charge in [-0.2, -0.15) is 0 Å². The van der Waals surface area contributed by atoms with Crippen LogP contribution in [0, 0.1) is 6.92 Å². The average Bonchev–Trinajstić information content (AvgIpc) is 2.73. The standard InChI is InChI=1S/C23H25NO5/c1-15-7-9-16(10-8-15)24-23(27)29-22(21(28-2)13-14-25)19-11-12-20(26)18-6-4-3-5-17(18)19/h3-12,21-22,25-26H,13-14H2,1-2H3,(H,24,27)/t21-,22-/m1/s1. The number of phenolic OH excluding ortho intramolecular Hbond substituents is 1. The molecule has 0 aromatic heterocycles. The molecular formula is C23H25NO5. The van der Waals surface area contributed by atoms with Crippen LogP contribution in [0.15, 0.2) is 60.7 Å². The first-order chi connectivity index (χ1) is 14.0. The quantitative estimate of drug-likeness (QED) is 0.547. The van der Waals surface area contributed by atoms with E-state index >= 15 is 0 Å². The topological polar surface area (TPSA) is 88.0 Å². The lowest BCUT2D eigenvalue weighted by molar-refractivity contribution is -0.0299. The molecular weight excluding hydrogens is 370 g/mol. The number of aliphatic hydroxyl groups is 1. The Morgan fingerprint density at radius 2 is 1.72 bits per heavy atom. The molecule has 0 spiro atoms. The van der Waals surface area contributed by atoms with Gasteiger partial charge in [0.15, 0.2) is 6.10 Å². The maximum Gasteiger partial charge on any atom is 0.412 e. The van der Waals surface area contributed by atoms with Gasteiger partial charge in [-0.3, -0.25) is 5.32 Å². The molecule has 0 radical (unpaired) electrons. The molecule has 3 rings (SSSR count). The SMILES string of the molecule is CO[C@H](CCO)[C@H](OC(=O)Nc1ccc(C)cc1)c1ccc(O)c2ccccc12. The number of rotatable bonds is 7. The minimum atomic E-state index is -0.775. The number of hydrogen-bond acceptors (Lipinski definition) is 5. The lowest BCUT2D eigenvalue weighted by Crippen LogP contribution is -2.29. The Morgan fingerprint density at radius 1 is 1.03 bits per heavy atom. The zero-order valence-electron chi connectivity index (χ0n) is 16.5. The highest BCUT2D eigenvalue weighted by Crippen LogP contribution is 2.35. The van der Waals surface area contributed by atoms with Crippen molar-refractivity contribution in [2.24, 2.45) is 0 Å². The maximum absolute atomic E-state index is 12.6. The van der Waals surface area contributed by atoms with Crippen LogP contribution in [0.1, 0.15) is 23.7 Å². The molecule has 0 unspecified atom stereocenters. The Balaban J connectivity index is 1.94. The second kappa shape index (κ2) is 9.41. The van der Waals surface area contributed by atoms with Crippen LogP contribution in [0.3, 0.4) is 0 Å². The van der Waals surface area contributed by atoms with Crippen LogP contribution >= 0.6 is 0 Å². The third-order valence-electron chi connectivity index (χ3n) is 4.83. The number of fused-ring (bicyclic) bond motifs is 1. The maximum atomic E-state index is 12.6. The van der Waals surface area contributed by atoms with E-state index in [0.29, 0.717) is 16.6 Å². The lowest BCUT2D eigenvalue weighted by Gasteiger charge is -2.27. The number of amides is 1. The molecule has 3 aromatic rings. The minimum absolute atomic E-state index is 0.117. The first-order valence-electron chi connectivity index (χ1n) is 9.42. The third kappa shape index (κ3) is 4.85. The average molecular weight is 395 g/mol. The van der Waals surface area contributed by atoms with Gasteiger partial charge in [0, 0.05) is 36.8 Å². The Labute approximate surface area is 169 Å². The number of benzene rings is 3. The van der Waals surface area contributed by atoms with Gasteiger partial charge in [-0.05, 0) is 30.5 Å². The Morgan fingerprint density at radius 3 is 2.38 bits per heavy atom. The molecule has 3 N–H and O–H groups in total. The van der Waals surface area contributed by atoms with Crippen LogP contribution in [-0.2, 0) is 9.47 Å². The Hall–Kier alpha value is -3.09. The van der Waals surface area contributed by atoms with E-state index in [-0.39, 0.29) is 18.8 Å². The molecule has 6 nitrogen and oxygen atoms in total. The third-order valence-corrected chi connectivity index (χ3v) is 4.83. The number of carbonyl (C=O) groups is 1. The molecule has 29 heavy (non-hydrogen) atoms. The Bertz CT molecular complexity index is 971. The summed E-state index contributed by atoms with van der Waals surface area (Å²) in [5.41, 5.74) is 2.39. The normalized spacial score (nSPS) is 13.1. The molecule has 0 aliphatic heterocycles. The van der Waals surface area contributed by atoms with Crippen molar-refractivity contribution in [2.45, 2.75) is 25.6 Å². The van der Waals surface area contributed by atoms with E-state index in [1.54, 1.807) is 30.3 Å². The van der Waals surface area contributed by atoms with Crippen LogP contribution in [0.5, 0.6) is 5.75 Å². The van der Waals surface area contributed by atoms with Crippen molar-refractivity contribution in [1.82, 2.24) is 0 Å². The van der Waals surface area contributed by atoms with Gasteiger partial charge in [-0.1, -0.05) is 48.0 Å². The smallest absolute Gasteiger partial charge is 0.412 e. The summed E-state index contributed by atoms with van der Waals surface area (Å²) >= 11 is 0. The van der Waals surface area contributed by atoms with E-state index in [2.05, 4.69) is 5.32 Å². The molecule has 0 saturated heterocycles. The molecule has 6 heteroatoms. The van der Waals surface area contributed by atoms with Crippen LogP contribution < -0.4 is 5.32 Å². The van der Waals surface area contributed by atoms with Gasteiger partial charge >= 0.3 is 6.09 Å². The summed E-state index contributed by atoms with van der Waals surface area (Å²) in [5.74, 6) is 0.142. The largest absolute Gasteiger partial charge is 0.507 e. The summed E-state index contributed by atoms with van der Waals surface area (Å²) in [7, 11) is 1.51. The highest BCUT2D eigenvalue weighted by molar-refractivity contribution is 5.91. The van der Waals surface area contributed by atoms with Crippen molar-refractivity contribution in [1.29, 1.82) is 0 Å². The number of methoxy groups -OCH3 is 1. The fourth-order valence-electron chi connectivity index (χ4n) is 3.31. The van der Waals surface area contributed by atoms with E-state index in [9.17, 15) is 15.0 Å². The van der Waals surface area contributed by atoms with E-state index < -0.39 is 18.3 Å². The fourth-order valence-corrected chi connectivity index (χ4v) is 3.31.